The summed E-state index contributed by atoms with van der Waals surface area (Å²) in [6.07, 6.45) is 0. The lowest BCUT2D eigenvalue weighted by Crippen LogP contribution is -2.19. The summed E-state index contributed by atoms with van der Waals surface area (Å²) in [5.41, 5.74) is 0.635. The molecule has 4 aromatic carbocycles. The Kier molecular flexibility index (Phi) is 8.61. The number of nitrogens with one attached hydrogen (secondary N) is 3. The van der Waals surface area contributed by atoms with Crippen LogP contribution in [0.15, 0.2) is 107 Å². The van der Waals surface area contributed by atoms with Crippen molar-refractivity contribution in [2.75, 3.05) is 28.5 Å². The molecule has 0 atom stereocenters. The quantitative estimate of drug-likeness (QED) is 0.228. The SMILES string of the molecule is CCOc1ccc(S(=O)(=O)Nc2ccccc2C(=O)Nc2cccc(S(=O)(=O)Nc3ccc(OC)cc3)c2)cc1. The largest absolute Gasteiger partial charge is 0.497 e. The van der Waals surface area contributed by atoms with Crippen LogP contribution in [-0.2, 0) is 20.0 Å². The third kappa shape index (κ3) is 6.90. The van der Waals surface area contributed by atoms with Gasteiger partial charge in [-0.3, -0.25) is 14.2 Å². The molecule has 10 nitrogen and oxygen atoms in total. The Labute approximate surface area is 233 Å². The number of ether oxygens (including phenoxy) is 2. The van der Waals surface area contributed by atoms with E-state index < -0.39 is 26.0 Å². The van der Waals surface area contributed by atoms with E-state index in [1.807, 2.05) is 6.92 Å². The maximum Gasteiger partial charge on any atom is 0.261 e. The van der Waals surface area contributed by atoms with Crippen molar-refractivity contribution < 1.29 is 31.1 Å². The fourth-order valence-electron chi connectivity index (χ4n) is 3.67. The first-order valence-electron chi connectivity index (χ1n) is 12.0. The monoisotopic (exact) mass is 581 g/mol. The molecule has 4 rings (SSSR count). The first-order chi connectivity index (χ1) is 19.1. The van der Waals surface area contributed by atoms with Gasteiger partial charge in [-0.2, -0.15) is 0 Å². The van der Waals surface area contributed by atoms with Gasteiger partial charge in [-0.05, 0) is 85.8 Å². The number of anilines is 3. The summed E-state index contributed by atoms with van der Waals surface area (Å²) < 4.78 is 67.2. The number of hydrogen-bond donors (Lipinski definition) is 3. The van der Waals surface area contributed by atoms with E-state index >= 15 is 0 Å². The molecule has 0 aliphatic rings. The summed E-state index contributed by atoms with van der Waals surface area (Å²) in [6.45, 7) is 2.27. The van der Waals surface area contributed by atoms with Crippen molar-refractivity contribution in [2.24, 2.45) is 0 Å². The van der Waals surface area contributed by atoms with Crippen LogP contribution < -0.4 is 24.2 Å². The maximum atomic E-state index is 13.1. The van der Waals surface area contributed by atoms with Crippen LogP contribution in [-0.4, -0.2) is 36.5 Å². The summed E-state index contributed by atoms with van der Waals surface area (Å²) >= 11 is 0. The fourth-order valence-corrected chi connectivity index (χ4v) is 5.85. The number of sulfonamides is 2. The van der Waals surface area contributed by atoms with Gasteiger partial charge in [0, 0.05) is 11.4 Å². The average Bonchev–Trinajstić information content (AvgIpc) is 2.94. The van der Waals surface area contributed by atoms with Crippen molar-refractivity contribution in [1.82, 2.24) is 0 Å². The van der Waals surface area contributed by atoms with Crippen molar-refractivity contribution in [1.29, 1.82) is 0 Å². The van der Waals surface area contributed by atoms with Gasteiger partial charge in [0.2, 0.25) is 0 Å². The molecule has 0 spiro atoms. The molecule has 3 N–H and O–H groups in total. The second-order valence-corrected chi connectivity index (χ2v) is 11.7. The van der Waals surface area contributed by atoms with Crippen LogP contribution in [0.1, 0.15) is 17.3 Å². The van der Waals surface area contributed by atoms with Gasteiger partial charge in [-0.25, -0.2) is 16.8 Å². The zero-order valence-corrected chi connectivity index (χ0v) is 23.3. The van der Waals surface area contributed by atoms with Crippen LogP contribution in [0.2, 0.25) is 0 Å². The molecule has 0 unspecified atom stereocenters. The fraction of sp³-hybridized carbons (Fsp3) is 0.107. The molecule has 40 heavy (non-hydrogen) atoms. The summed E-state index contributed by atoms with van der Waals surface area (Å²) in [6, 6.07) is 24.1. The molecular formula is C28H27N3O7S2. The summed E-state index contributed by atoms with van der Waals surface area (Å²) in [7, 11) is -6.48. The number of methoxy groups -OCH3 is 1. The van der Waals surface area contributed by atoms with Crippen LogP contribution in [0.5, 0.6) is 11.5 Å². The minimum Gasteiger partial charge on any atom is -0.497 e. The Bertz CT molecular complexity index is 1710. The number of carbonyl (C=O) groups excluding carboxylic acids is 1. The van der Waals surface area contributed by atoms with Gasteiger partial charge in [-0.15, -0.1) is 0 Å². The van der Waals surface area contributed by atoms with E-state index in [2.05, 4.69) is 14.8 Å². The number of carbonyl (C=O) groups is 1. The van der Waals surface area contributed by atoms with Crippen molar-refractivity contribution in [2.45, 2.75) is 16.7 Å². The topological polar surface area (TPSA) is 140 Å². The van der Waals surface area contributed by atoms with E-state index in [1.54, 1.807) is 48.5 Å². The number of para-hydroxylation sites is 1. The predicted octanol–water partition coefficient (Wildman–Crippen LogP) is 4.95. The molecule has 208 valence electrons. The highest BCUT2D eigenvalue weighted by Gasteiger charge is 2.20. The van der Waals surface area contributed by atoms with Gasteiger partial charge in [0.1, 0.15) is 11.5 Å². The second kappa shape index (κ2) is 12.1. The highest BCUT2D eigenvalue weighted by Crippen LogP contribution is 2.25. The van der Waals surface area contributed by atoms with Crippen LogP contribution >= 0.6 is 0 Å². The zero-order valence-electron chi connectivity index (χ0n) is 21.6. The number of rotatable bonds is 11. The lowest BCUT2D eigenvalue weighted by Gasteiger charge is -2.14. The Morgan fingerprint density at radius 2 is 1.35 bits per heavy atom. The molecule has 0 aromatic heterocycles. The maximum absolute atomic E-state index is 13.1. The molecule has 0 saturated heterocycles. The van der Waals surface area contributed by atoms with Crippen molar-refractivity contribution in [3.8, 4) is 11.5 Å². The molecule has 0 aliphatic heterocycles. The highest BCUT2D eigenvalue weighted by molar-refractivity contribution is 7.93. The predicted molar refractivity (Wildman–Crippen MR) is 153 cm³/mol. The standard InChI is InChI=1S/C28H27N3O7S2/c1-3-38-23-15-17-24(18-16-23)39(33,34)31-27-10-5-4-9-26(27)28(32)29-21-7-6-8-25(19-21)40(35,36)30-20-11-13-22(37-2)14-12-20/h4-19,30-31H,3H2,1-2H3,(H,29,32). The molecule has 0 saturated carbocycles. The molecule has 0 bridgehead atoms. The van der Waals surface area contributed by atoms with E-state index in [1.165, 1.54) is 55.6 Å². The molecular weight excluding hydrogens is 554 g/mol. The van der Waals surface area contributed by atoms with E-state index in [4.69, 9.17) is 9.47 Å². The van der Waals surface area contributed by atoms with Crippen LogP contribution in [0.3, 0.4) is 0 Å². The van der Waals surface area contributed by atoms with E-state index in [0.717, 1.165) is 0 Å². The van der Waals surface area contributed by atoms with E-state index in [-0.39, 0.29) is 26.7 Å². The van der Waals surface area contributed by atoms with E-state index in [9.17, 15) is 21.6 Å². The second-order valence-electron chi connectivity index (χ2n) is 8.37. The van der Waals surface area contributed by atoms with E-state index in [0.29, 0.717) is 23.8 Å². The zero-order chi connectivity index (χ0) is 28.8. The molecule has 4 aromatic rings. The third-order valence-electron chi connectivity index (χ3n) is 5.61. The molecule has 0 heterocycles. The van der Waals surface area contributed by atoms with Gasteiger partial charge in [0.05, 0.1) is 34.8 Å². The Morgan fingerprint density at radius 1 is 0.700 bits per heavy atom. The minimum atomic E-state index is -4.02. The summed E-state index contributed by atoms with van der Waals surface area (Å²) in [5, 5.41) is 2.64. The minimum absolute atomic E-state index is 0.00608. The normalized spacial score (nSPS) is 11.3. The number of benzene rings is 4. The molecule has 0 aliphatic carbocycles. The van der Waals surface area contributed by atoms with Gasteiger partial charge < -0.3 is 14.8 Å². The van der Waals surface area contributed by atoms with Crippen molar-refractivity contribution in [3.05, 3.63) is 103 Å². The lowest BCUT2D eigenvalue weighted by atomic mass is 10.1. The average molecular weight is 582 g/mol. The summed E-state index contributed by atoms with van der Waals surface area (Å²) in [4.78, 5) is 13.1. The first-order valence-corrected chi connectivity index (χ1v) is 15.0. The smallest absolute Gasteiger partial charge is 0.261 e. The van der Waals surface area contributed by atoms with Crippen LogP contribution in [0.4, 0.5) is 17.1 Å². The molecule has 0 fully saturated rings. The molecule has 1 amide bonds. The lowest BCUT2D eigenvalue weighted by molar-refractivity contribution is 0.102. The van der Waals surface area contributed by atoms with Gasteiger partial charge >= 0.3 is 0 Å². The van der Waals surface area contributed by atoms with Crippen molar-refractivity contribution >= 4 is 43.0 Å². The number of hydrogen-bond acceptors (Lipinski definition) is 7. The third-order valence-corrected chi connectivity index (χ3v) is 8.37. The first kappa shape index (κ1) is 28.5. The van der Waals surface area contributed by atoms with Gasteiger partial charge in [-0.1, -0.05) is 18.2 Å². The van der Waals surface area contributed by atoms with Gasteiger partial charge in [0.25, 0.3) is 26.0 Å². The highest BCUT2D eigenvalue weighted by atomic mass is 32.2. The van der Waals surface area contributed by atoms with Crippen LogP contribution in [0, 0.1) is 0 Å². The summed E-state index contributed by atoms with van der Waals surface area (Å²) in [5.74, 6) is 0.474. The van der Waals surface area contributed by atoms with Gasteiger partial charge in [0.15, 0.2) is 0 Å². The van der Waals surface area contributed by atoms with Crippen LogP contribution in [0.25, 0.3) is 0 Å². The number of amides is 1. The van der Waals surface area contributed by atoms with Crippen molar-refractivity contribution in [3.63, 3.8) is 0 Å². The molecule has 0 radical (unpaired) electrons. The Hall–Kier alpha value is -4.55. The Balaban J connectivity index is 1.51. The molecule has 12 heteroatoms. The Morgan fingerprint density at radius 3 is 2.02 bits per heavy atom.